The molecule has 3 nitrogen and oxygen atoms in total. The monoisotopic (exact) mass is 417 g/mol. The smallest absolute Gasteiger partial charge is 0.232 e. The number of benzene rings is 2. The molecule has 0 radical (unpaired) electrons. The van der Waals surface area contributed by atoms with E-state index in [1.54, 1.807) is 39.3 Å². The van der Waals surface area contributed by atoms with E-state index in [0.29, 0.717) is 33.8 Å². The summed E-state index contributed by atoms with van der Waals surface area (Å²) in [6.07, 6.45) is -2.12. The molecule has 31 heavy (non-hydrogen) atoms. The van der Waals surface area contributed by atoms with Crippen LogP contribution in [0.5, 0.6) is 0 Å². The molecule has 158 valence electrons. The summed E-state index contributed by atoms with van der Waals surface area (Å²) in [5, 5.41) is 1.56. The van der Waals surface area contributed by atoms with Gasteiger partial charge >= 0.3 is 0 Å². The van der Waals surface area contributed by atoms with Gasteiger partial charge in [0.15, 0.2) is 5.69 Å². The second-order valence-corrected chi connectivity index (χ2v) is 9.20. The summed E-state index contributed by atoms with van der Waals surface area (Å²) in [6.45, 7) is 15.6. The van der Waals surface area contributed by atoms with Crippen molar-refractivity contribution in [1.82, 2.24) is 0 Å². The van der Waals surface area contributed by atoms with Crippen LogP contribution in [-0.4, -0.2) is 0 Å². The number of aromatic nitrogens is 1. The van der Waals surface area contributed by atoms with Gasteiger partial charge in [-0.25, -0.2) is 4.85 Å². The zero-order valence-corrected chi connectivity index (χ0v) is 19.1. The van der Waals surface area contributed by atoms with Gasteiger partial charge in [-0.15, -0.1) is 0 Å². The summed E-state index contributed by atoms with van der Waals surface area (Å²) in [5.74, 6) is 0. The molecule has 0 atom stereocenters. The fourth-order valence-electron chi connectivity index (χ4n) is 4.00. The highest BCUT2D eigenvalue weighted by Gasteiger charge is 2.26. The van der Waals surface area contributed by atoms with Crippen LogP contribution in [-0.2, 0) is 13.4 Å². The lowest BCUT2D eigenvalue weighted by Gasteiger charge is -2.20. The zero-order chi connectivity index (χ0) is 27.8. The minimum absolute atomic E-state index is 0.129. The largest absolute Gasteiger partial charge is 0.466 e. The average Bonchev–Trinajstić information content (AvgIpc) is 3.14. The van der Waals surface area contributed by atoms with Crippen molar-refractivity contribution in [2.24, 2.45) is 12.5 Å². The summed E-state index contributed by atoms with van der Waals surface area (Å²) < 4.78 is 60.1. The molecule has 4 rings (SSSR count). The van der Waals surface area contributed by atoms with E-state index < -0.39 is 18.6 Å². The molecule has 2 aromatic heterocycles. The van der Waals surface area contributed by atoms with Gasteiger partial charge in [0.1, 0.15) is 18.2 Å². The van der Waals surface area contributed by atoms with Crippen LogP contribution in [0.1, 0.15) is 56.9 Å². The number of hydrogen-bond acceptors (Lipinski definition) is 1. The second-order valence-electron chi connectivity index (χ2n) is 9.20. The molecule has 3 heteroatoms. The highest BCUT2D eigenvalue weighted by Crippen LogP contribution is 2.41. The first-order valence-corrected chi connectivity index (χ1v) is 10.3. The summed E-state index contributed by atoms with van der Waals surface area (Å²) >= 11 is 0. The zero-order valence-electron chi connectivity index (χ0n) is 25.1. The Morgan fingerprint density at radius 1 is 1.10 bits per heavy atom. The predicted octanol–water partition coefficient (Wildman–Crippen LogP) is 7.45. The minimum Gasteiger partial charge on any atom is -0.466 e. The predicted molar refractivity (Wildman–Crippen MR) is 129 cm³/mol. The van der Waals surface area contributed by atoms with Gasteiger partial charge in [-0.05, 0) is 49.2 Å². The Morgan fingerprint density at radius 3 is 2.35 bits per heavy atom. The Kier molecular flexibility index (Phi) is 3.46. The third kappa shape index (κ3) is 3.41. The SMILES string of the molecule is [2H]c1c(C([2H])([2H])C(C)(C)C)c(C([2H])([2H])[2H])c(C)[n+](C)c1-c1c(C)ccc2c1oc1c([N+]#[C-])c(C)ccc12. The average molecular weight is 418 g/mol. The molecule has 2 aromatic carbocycles. The molecule has 0 N–H and O–H groups in total. The molecule has 0 fully saturated rings. The van der Waals surface area contributed by atoms with Gasteiger partial charge < -0.3 is 4.42 Å². The minimum atomic E-state index is -2.62. The van der Waals surface area contributed by atoms with E-state index in [2.05, 4.69) is 4.85 Å². The maximum Gasteiger partial charge on any atom is 0.232 e. The standard InChI is InChI=1S/C28H31N2O/c1-16-10-12-21-22-13-11-17(2)25(29-8)27(22)31-26(21)24(16)23-14-20(15-28(5,6)7)18(3)19(4)30(23)9/h10-14H,15H2,1-7,9H3/q+1/i3D3,14D,15D2. The molecule has 0 aliphatic carbocycles. The molecule has 0 bridgehead atoms. The quantitative estimate of drug-likeness (QED) is 0.245. The van der Waals surface area contributed by atoms with Crippen LogP contribution in [0.3, 0.4) is 0 Å². The highest BCUT2D eigenvalue weighted by molar-refractivity contribution is 6.13. The summed E-state index contributed by atoms with van der Waals surface area (Å²) in [7, 11) is 1.70. The molecular formula is C28H31N2O+. The van der Waals surface area contributed by atoms with Gasteiger partial charge in [0, 0.05) is 36.2 Å². The van der Waals surface area contributed by atoms with Crippen molar-refractivity contribution in [2.45, 2.75) is 54.8 Å². The van der Waals surface area contributed by atoms with Gasteiger partial charge in [0.25, 0.3) is 0 Å². The molecule has 0 aliphatic rings. The molecule has 0 spiro atoms. The van der Waals surface area contributed by atoms with Crippen molar-refractivity contribution in [1.29, 1.82) is 0 Å². The third-order valence-corrected chi connectivity index (χ3v) is 5.74. The van der Waals surface area contributed by atoms with Gasteiger partial charge in [0.2, 0.25) is 11.4 Å². The van der Waals surface area contributed by atoms with Crippen molar-refractivity contribution in [2.75, 3.05) is 0 Å². The lowest BCUT2D eigenvalue weighted by atomic mass is 9.85. The van der Waals surface area contributed by atoms with E-state index in [0.717, 1.165) is 21.9 Å². The van der Waals surface area contributed by atoms with E-state index in [9.17, 15) is 1.37 Å². The molecule has 0 amide bonds. The van der Waals surface area contributed by atoms with Crippen LogP contribution in [0, 0.1) is 39.6 Å². The topological polar surface area (TPSA) is 21.4 Å². The molecular weight excluding hydrogens is 380 g/mol. The third-order valence-electron chi connectivity index (χ3n) is 5.74. The molecule has 0 unspecified atom stereocenters. The molecule has 0 saturated carbocycles. The number of fused-ring (bicyclic) bond motifs is 3. The number of aryl methyl sites for hydroxylation is 2. The van der Waals surface area contributed by atoms with Crippen LogP contribution in [0.4, 0.5) is 5.69 Å². The van der Waals surface area contributed by atoms with E-state index in [4.69, 9.17) is 17.8 Å². The van der Waals surface area contributed by atoms with E-state index in [1.165, 1.54) is 0 Å². The lowest BCUT2D eigenvalue weighted by Crippen LogP contribution is -2.36. The Morgan fingerprint density at radius 2 is 1.74 bits per heavy atom. The first-order chi connectivity index (χ1) is 16.9. The van der Waals surface area contributed by atoms with Crippen LogP contribution >= 0.6 is 0 Å². The Labute approximate surface area is 193 Å². The number of furan rings is 1. The fourth-order valence-corrected chi connectivity index (χ4v) is 4.00. The van der Waals surface area contributed by atoms with Crippen molar-refractivity contribution >= 4 is 27.6 Å². The number of rotatable bonds is 2. The number of nitrogens with zero attached hydrogens (tertiary/aromatic N) is 2. The van der Waals surface area contributed by atoms with Crippen molar-refractivity contribution < 1.29 is 17.2 Å². The molecule has 0 saturated heterocycles. The Balaban J connectivity index is 2.26. The summed E-state index contributed by atoms with van der Waals surface area (Å²) in [5.41, 5.74) is 3.04. The van der Waals surface area contributed by atoms with Gasteiger partial charge in [-0.1, -0.05) is 45.0 Å². The van der Waals surface area contributed by atoms with Gasteiger partial charge in [-0.2, -0.15) is 4.57 Å². The first-order valence-electron chi connectivity index (χ1n) is 13.3. The van der Waals surface area contributed by atoms with E-state index in [1.807, 2.05) is 38.1 Å². The molecule has 2 heterocycles. The van der Waals surface area contributed by atoms with Crippen molar-refractivity contribution in [3.63, 3.8) is 0 Å². The van der Waals surface area contributed by atoms with Crippen LogP contribution in [0.25, 0.3) is 38.0 Å². The van der Waals surface area contributed by atoms with E-state index in [-0.39, 0.29) is 17.2 Å². The van der Waals surface area contributed by atoms with E-state index >= 15 is 0 Å². The van der Waals surface area contributed by atoms with Crippen molar-refractivity contribution in [3.8, 4) is 11.3 Å². The maximum atomic E-state index is 9.30. The lowest BCUT2D eigenvalue weighted by molar-refractivity contribution is -0.667. The maximum absolute atomic E-state index is 9.30. The van der Waals surface area contributed by atoms with Crippen LogP contribution in [0.15, 0.2) is 34.7 Å². The molecule has 0 aliphatic heterocycles. The van der Waals surface area contributed by atoms with Crippen LogP contribution < -0.4 is 4.57 Å². The number of hydrogen-bond donors (Lipinski definition) is 0. The Bertz CT molecular complexity index is 1630. The summed E-state index contributed by atoms with van der Waals surface area (Å²) in [6, 6.07) is 7.45. The second kappa shape index (κ2) is 7.24. The fraction of sp³-hybridized carbons (Fsp3) is 0.357. The van der Waals surface area contributed by atoms with Gasteiger partial charge in [0.05, 0.1) is 13.5 Å². The normalized spacial score (nSPS) is 15.7. The molecule has 4 aromatic rings. The number of pyridine rings is 1. The first kappa shape index (κ1) is 14.8. The highest BCUT2D eigenvalue weighted by atomic mass is 16.3. The van der Waals surface area contributed by atoms with Gasteiger partial charge in [-0.3, -0.25) is 0 Å². The van der Waals surface area contributed by atoms with Crippen LogP contribution in [0.2, 0.25) is 0 Å². The summed E-state index contributed by atoms with van der Waals surface area (Å²) in [4.78, 5) is 3.68. The van der Waals surface area contributed by atoms with Crippen molar-refractivity contribution in [3.05, 3.63) is 69.7 Å². The Hall–Kier alpha value is -3.12.